The molecule has 0 aliphatic carbocycles. The number of unbranched alkanes of at least 4 members (excludes halogenated alkanes) is 1. The monoisotopic (exact) mass is 284 g/mol. The van der Waals surface area contributed by atoms with E-state index >= 15 is 0 Å². The van der Waals surface area contributed by atoms with Crippen LogP contribution in [0.1, 0.15) is 38.5 Å². The highest BCUT2D eigenvalue weighted by Gasteiger charge is 2.47. The van der Waals surface area contributed by atoms with Crippen molar-refractivity contribution < 1.29 is 14.6 Å². The summed E-state index contributed by atoms with van der Waals surface area (Å²) in [6.45, 7) is 0.895. The molecule has 4 heteroatoms. The lowest BCUT2D eigenvalue weighted by molar-refractivity contribution is -0.137. The first-order valence-electron chi connectivity index (χ1n) is 7.23. The molecule has 2 fully saturated rings. The molecule has 0 amide bonds. The summed E-state index contributed by atoms with van der Waals surface area (Å²) >= 11 is 2.17. The van der Waals surface area contributed by atoms with Crippen molar-refractivity contribution in [3.63, 3.8) is 0 Å². The third kappa shape index (κ3) is 3.99. The standard InChI is InChI=1S/C15H24O3S/c1-18-10-12-11(13-8-9-14(12)19-13)6-4-2-3-5-7-15(16)17/h2,4,11-14H,3,5-10H2,1H3,(H,16,17)/b4-2-/t11-,12+,13-,14+/m0/s1. The molecule has 0 spiro atoms. The third-order valence-electron chi connectivity index (χ3n) is 4.29. The molecular formula is C15H24O3S. The van der Waals surface area contributed by atoms with Gasteiger partial charge in [0.15, 0.2) is 0 Å². The Morgan fingerprint density at radius 3 is 2.74 bits per heavy atom. The zero-order valence-corrected chi connectivity index (χ0v) is 12.4. The van der Waals surface area contributed by atoms with Gasteiger partial charge >= 0.3 is 5.97 Å². The summed E-state index contributed by atoms with van der Waals surface area (Å²) in [5, 5.41) is 10.2. The Labute approximate surface area is 119 Å². The van der Waals surface area contributed by atoms with Crippen LogP contribution in [0.3, 0.4) is 0 Å². The third-order valence-corrected chi connectivity index (χ3v) is 6.16. The van der Waals surface area contributed by atoms with Crippen LogP contribution in [0.4, 0.5) is 0 Å². The fraction of sp³-hybridized carbons (Fsp3) is 0.800. The molecule has 0 aromatic heterocycles. The fourth-order valence-electron chi connectivity index (χ4n) is 3.36. The molecular weight excluding hydrogens is 260 g/mol. The minimum absolute atomic E-state index is 0.278. The van der Waals surface area contributed by atoms with E-state index in [1.54, 1.807) is 7.11 Å². The minimum atomic E-state index is -0.696. The molecule has 0 saturated carbocycles. The van der Waals surface area contributed by atoms with Gasteiger partial charge in [-0.25, -0.2) is 0 Å². The largest absolute Gasteiger partial charge is 0.481 e. The van der Waals surface area contributed by atoms with Crippen molar-refractivity contribution >= 4 is 17.7 Å². The summed E-state index contributed by atoms with van der Waals surface area (Å²) in [6, 6.07) is 0. The number of hydrogen-bond donors (Lipinski definition) is 1. The first-order chi connectivity index (χ1) is 9.22. The van der Waals surface area contributed by atoms with Crippen molar-refractivity contribution in [2.45, 2.75) is 49.0 Å². The molecule has 0 unspecified atom stereocenters. The van der Waals surface area contributed by atoms with Gasteiger partial charge in [-0.1, -0.05) is 12.2 Å². The highest BCUT2D eigenvalue weighted by molar-refractivity contribution is 8.01. The molecule has 0 aromatic carbocycles. The Morgan fingerprint density at radius 2 is 2.05 bits per heavy atom. The van der Waals surface area contributed by atoms with Crippen molar-refractivity contribution in [3.05, 3.63) is 12.2 Å². The van der Waals surface area contributed by atoms with Crippen LogP contribution in [0.2, 0.25) is 0 Å². The Bertz CT molecular complexity index is 329. The van der Waals surface area contributed by atoms with Crippen LogP contribution in [0, 0.1) is 11.8 Å². The zero-order chi connectivity index (χ0) is 13.7. The van der Waals surface area contributed by atoms with Crippen LogP contribution >= 0.6 is 11.8 Å². The van der Waals surface area contributed by atoms with Gasteiger partial charge in [-0.2, -0.15) is 11.8 Å². The number of carboxylic acids is 1. The van der Waals surface area contributed by atoms with Gasteiger partial charge in [0.1, 0.15) is 0 Å². The zero-order valence-electron chi connectivity index (χ0n) is 11.6. The molecule has 0 radical (unpaired) electrons. The molecule has 2 rings (SSSR count). The van der Waals surface area contributed by atoms with Gasteiger partial charge in [-0.3, -0.25) is 4.79 Å². The maximum Gasteiger partial charge on any atom is 0.303 e. The minimum Gasteiger partial charge on any atom is -0.481 e. The molecule has 2 heterocycles. The Morgan fingerprint density at radius 1 is 1.32 bits per heavy atom. The van der Waals surface area contributed by atoms with E-state index in [1.807, 2.05) is 0 Å². The quantitative estimate of drug-likeness (QED) is 0.548. The number of allylic oxidation sites excluding steroid dienone is 2. The van der Waals surface area contributed by atoms with E-state index in [0.29, 0.717) is 0 Å². The summed E-state index contributed by atoms with van der Waals surface area (Å²) in [6.07, 6.45) is 10.2. The molecule has 19 heavy (non-hydrogen) atoms. The fourth-order valence-corrected chi connectivity index (χ4v) is 5.35. The smallest absolute Gasteiger partial charge is 0.303 e. The van der Waals surface area contributed by atoms with E-state index < -0.39 is 5.97 Å². The summed E-state index contributed by atoms with van der Waals surface area (Å²) in [5.41, 5.74) is 0. The van der Waals surface area contributed by atoms with Gasteiger partial charge in [0.05, 0.1) is 6.61 Å². The van der Waals surface area contributed by atoms with Crippen molar-refractivity contribution in [2.24, 2.45) is 11.8 Å². The number of aliphatic carboxylic acids is 1. The highest BCUT2D eigenvalue weighted by atomic mass is 32.2. The Kier molecular flexibility index (Phi) is 5.76. The number of thioether (sulfide) groups is 1. The van der Waals surface area contributed by atoms with E-state index in [9.17, 15) is 4.79 Å². The molecule has 108 valence electrons. The molecule has 0 aromatic rings. The molecule has 2 aliphatic rings. The van der Waals surface area contributed by atoms with Crippen LogP contribution in [0.25, 0.3) is 0 Å². The lowest BCUT2D eigenvalue weighted by atomic mass is 9.78. The average molecular weight is 284 g/mol. The number of rotatable bonds is 8. The second-order valence-corrected chi connectivity index (χ2v) is 7.05. The van der Waals surface area contributed by atoms with Crippen LogP contribution in [-0.2, 0) is 9.53 Å². The normalized spacial score (nSPS) is 33.3. The van der Waals surface area contributed by atoms with E-state index in [1.165, 1.54) is 12.8 Å². The first-order valence-corrected chi connectivity index (χ1v) is 8.18. The second-order valence-electron chi connectivity index (χ2n) is 5.57. The van der Waals surface area contributed by atoms with Gasteiger partial charge in [0, 0.05) is 24.0 Å². The van der Waals surface area contributed by atoms with Gasteiger partial charge in [-0.15, -0.1) is 0 Å². The van der Waals surface area contributed by atoms with Crippen molar-refractivity contribution in [2.75, 3.05) is 13.7 Å². The van der Waals surface area contributed by atoms with Crippen molar-refractivity contribution in [3.8, 4) is 0 Å². The van der Waals surface area contributed by atoms with Gasteiger partial charge in [0.25, 0.3) is 0 Å². The second kappa shape index (κ2) is 7.34. The Balaban J connectivity index is 1.72. The first kappa shape index (κ1) is 14.9. The number of carbonyl (C=O) groups is 1. The highest BCUT2D eigenvalue weighted by Crippen LogP contribution is 2.54. The molecule has 2 saturated heterocycles. The maximum atomic E-state index is 10.4. The molecule has 3 nitrogen and oxygen atoms in total. The lowest BCUT2D eigenvalue weighted by Crippen LogP contribution is -2.30. The van der Waals surface area contributed by atoms with Crippen LogP contribution in [-0.4, -0.2) is 35.3 Å². The molecule has 2 bridgehead atoms. The molecule has 1 N–H and O–H groups in total. The maximum absolute atomic E-state index is 10.4. The van der Waals surface area contributed by atoms with E-state index in [-0.39, 0.29) is 6.42 Å². The van der Waals surface area contributed by atoms with Crippen molar-refractivity contribution in [1.82, 2.24) is 0 Å². The summed E-state index contributed by atoms with van der Waals surface area (Å²) in [5.74, 6) is 0.787. The number of fused-ring (bicyclic) bond motifs is 2. The SMILES string of the molecule is COC[C@@H]1[C@H](C/C=C\CCCC(=O)O)[C@@H]2CC[C@H]1S2. The van der Waals surface area contributed by atoms with E-state index in [2.05, 4.69) is 23.9 Å². The van der Waals surface area contributed by atoms with Crippen LogP contribution in [0.5, 0.6) is 0 Å². The Hall–Kier alpha value is -0.480. The average Bonchev–Trinajstić information content (AvgIpc) is 2.95. The summed E-state index contributed by atoms with van der Waals surface area (Å²) in [7, 11) is 1.80. The number of methoxy groups -OCH3 is 1. The van der Waals surface area contributed by atoms with Gasteiger partial charge in [-0.05, 0) is 43.9 Å². The summed E-state index contributed by atoms with van der Waals surface area (Å²) in [4.78, 5) is 10.4. The number of ether oxygens (including phenoxy) is 1. The van der Waals surface area contributed by atoms with Crippen molar-refractivity contribution in [1.29, 1.82) is 0 Å². The predicted molar refractivity (Wildman–Crippen MR) is 78.5 cm³/mol. The number of carboxylic acid groups (broad SMARTS) is 1. The van der Waals surface area contributed by atoms with Crippen LogP contribution in [0.15, 0.2) is 12.2 Å². The van der Waals surface area contributed by atoms with Gasteiger partial charge in [0.2, 0.25) is 0 Å². The molecule has 4 atom stereocenters. The van der Waals surface area contributed by atoms with Crippen LogP contribution < -0.4 is 0 Å². The lowest BCUT2D eigenvalue weighted by Gasteiger charge is -2.28. The molecule has 2 aliphatic heterocycles. The predicted octanol–water partition coefficient (Wildman–Crippen LogP) is 3.34. The topological polar surface area (TPSA) is 46.5 Å². The summed E-state index contributed by atoms with van der Waals surface area (Å²) < 4.78 is 5.38. The number of hydrogen-bond acceptors (Lipinski definition) is 3. The van der Waals surface area contributed by atoms with Gasteiger partial charge < -0.3 is 9.84 Å². The van der Waals surface area contributed by atoms with E-state index in [0.717, 1.165) is 48.2 Å². The van der Waals surface area contributed by atoms with E-state index in [4.69, 9.17) is 9.84 Å².